The molecule has 76 valence electrons. The van der Waals surface area contributed by atoms with Gasteiger partial charge in [0.15, 0.2) is 0 Å². The molecule has 0 saturated heterocycles. The highest BCUT2D eigenvalue weighted by Crippen LogP contribution is 2.08. The molecule has 1 aromatic heterocycles. The number of likely N-dealkylation sites (N-methyl/N-ethyl adjacent to an activating group) is 1. The summed E-state index contributed by atoms with van der Waals surface area (Å²) in [5.41, 5.74) is 0. The smallest absolute Gasteiger partial charge is 0.241 e. The summed E-state index contributed by atoms with van der Waals surface area (Å²) in [5.74, 6) is 0.597. The summed E-state index contributed by atoms with van der Waals surface area (Å²) in [6.45, 7) is 0.223. The second-order valence-electron chi connectivity index (χ2n) is 2.99. The van der Waals surface area contributed by atoms with Crippen molar-refractivity contribution >= 4 is 23.3 Å². The van der Waals surface area contributed by atoms with Crippen molar-refractivity contribution in [1.29, 1.82) is 0 Å². The number of hydrogen-bond donors (Lipinski definition) is 1. The summed E-state index contributed by atoms with van der Waals surface area (Å²) in [4.78, 5) is 16.7. The van der Waals surface area contributed by atoms with Crippen LogP contribution in [0.5, 0.6) is 0 Å². The van der Waals surface area contributed by atoms with E-state index in [1.807, 2.05) is 0 Å². The van der Waals surface area contributed by atoms with E-state index in [0.29, 0.717) is 11.0 Å². The van der Waals surface area contributed by atoms with E-state index in [4.69, 9.17) is 11.6 Å². The number of amides is 1. The molecule has 0 aliphatic rings. The lowest BCUT2D eigenvalue weighted by atomic mass is 10.4. The molecule has 0 atom stereocenters. The van der Waals surface area contributed by atoms with Crippen molar-refractivity contribution in [3.05, 3.63) is 23.4 Å². The summed E-state index contributed by atoms with van der Waals surface area (Å²) in [6.07, 6.45) is 0. The monoisotopic (exact) mass is 213 g/mol. The first-order chi connectivity index (χ1) is 6.59. The Balaban J connectivity index is 2.50. The number of nitrogens with one attached hydrogen (secondary N) is 1. The fourth-order valence-electron chi connectivity index (χ4n) is 0.831. The van der Waals surface area contributed by atoms with Gasteiger partial charge in [0.2, 0.25) is 5.91 Å². The normalized spacial score (nSPS) is 9.64. The van der Waals surface area contributed by atoms with Gasteiger partial charge < -0.3 is 10.2 Å². The highest BCUT2D eigenvalue weighted by atomic mass is 35.5. The number of aromatic nitrogens is 1. The summed E-state index contributed by atoms with van der Waals surface area (Å²) < 4.78 is 0. The van der Waals surface area contributed by atoms with Gasteiger partial charge in [-0.05, 0) is 12.1 Å². The average molecular weight is 214 g/mol. The van der Waals surface area contributed by atoms with Crippen LogP contribution in [0.1, 0.15) is 0 Å². The van der Waals surface area contributed by atoms with Crippen LogP contribution >= 0.6 is 11.6 Å². The highest BCUT2D eigenvalue weighted by molar-refractivity contribution is 6.29. The Morgan fingerprint density at radius 1 is 1.57 bits per heavy atom. The maximum Gasteiger partial charge on any atom is 0.241 e. The van der Waals surface area contributed by atoms with Crippen LogP contribution in [0.3, 0.4) is 0 Å². The summed E-state index contributed by atoms with van der Waals surface area (Å²) in [6, 6.07) is 5.22. The standard InChI is InChI=1S/C9H12ClN3O/c1-13(2)9(14)6-11-8-5-3-4-7(10)12-8/h3-5H,6H2,1-2H3,(H,11,12). The lowest BCUT2D eigenvalue weighted by molar-refractivity contribution is -0.126. The minimum atomic E-state index is -0.00762. The number of carbonyl (C=O) groups is 1. The van der Waals surface area contributed by atoms with Gasteiger partial charge in [-0.15, -0.1) is 0 Å². The van der Waals surface area contributed by atoms with E-state index in [-0.39, 0.29) is 12.5 Å². The van der Waals surface area contributed by atoms with Crippen LogP contribution in [0.4, 0.5) is 5.82 Å². The molecule has 0 unspecified atom stereocenters. The van der Waals surface area contributed by atoms with Crippen LogP contribution in [0.15, 0.2) is 18.2 Å². The van der Waals surface area contributed by atoms with E-state index < -0.39 is 0 Å². The fraction of sp³-hybridized carbons (Fsp3) is 0.333. The maximum atomic E-state index is 11.2. The first kappa shape index (κ1) is 10.8. The van der Waals surface area contributed by atoms with Gasteiger partial charge in [0.25, 0.3) is 0 Å². The average Bonchev–Trinajstić information content (AvgIpc) is 2.14. The zero-order chi connectivity index (χ0) is 10.6. The Morgan fingerprint density at radius 2 is 2.29 bits per heavy atom. The van der Waals surface area contributed by atoms with Gasteiger partial charge in [-0.1, -0.05) is 17.7 Å². The van der Waals surface area contributed by atoms with Crippen LogP contribution in [-0.4, -0.2) is 36.4 Å². The molecule has 0 aromatic carbocycles. The fourth-order valence-corrected chi connectivity index (χ4v) is 0.995. The third-order valence-electron chi connectivity index (χ3n) is 1.63. The minimum Gasteiger partial charge on any atom is -0.361 e. The van der Waals surface area contributed by atoms with E-state index in [2.05, 4.69) is 10.3 Å². The molecule has 0 bridgehead atoms. The predicted octanol–water partition coefficient (Wildman–Crippen LogP) is 1.24. The van der Waals surface area contributed by atoms with Gasteiger partial charge in [0, 0.05) is 14.1 Å². The summed E-state index contributed by atoms with van der Waals surface area (Å²) >= 11 is 5.68. The van der Waals surface area contributed by atoms with E-state index in [9.17, 15) is 4.79 Å². The zero-order valence-electron chi connectivity index (χ0n) is 8.12. The van der Waals surface area contributed by atoms with Crippen molar-refractivity contribution in [3.63, 3.8) is 0 Å². The number of nitrogens with zero attached hydrogens (tertiary/aromatic N) is 2. The largest absolute Gasteiger partial charge is 0.361 e. The number of carbonyl (C=O) groups excluding carboxylic acids is 1. The van der Waals surface area contributed by atoms with E-state index in [1.165, 1.54) is 4.90 Å². The first-order valence-electron chi connectivity index (χ1n) is 4.16. The molecule has 0 fully saturated rings. The van der Waals surface area contributed by atoms with Gasteiger partial charge >= 0.3 is 0 Å². The van der Waals surface area contributed by atoms with Gasteiger partial charge in [-0.25, -0.2) is 4.98 Å². The number of rotatable bonds is 3. The molecule has 0 aliphatic heterocycles. The first-order valence-corrected chi connectivity index (χ1v) is 4.54. The van der Waals surface area contributed by atoms with Gasteiger partial charge in [-0.2, -0.15) is 0 Å². The van der Waals surface area contributed by atoms with E-state index >= 15 is 0 Å². The molecule has 5 heteroatoms. The number of anilines is 1. The van der Waals surface area contributed by atoms with Crippen molar-refractivity contribution in [2.24, 2.45) is 0 Å². The highest BCUT2D eigenvalue weighted by Gasteiger charge is 2.03. The van der Waals surface area contributed by atoms with Gasteiger partial charge in [0.1, 0.15) is 11.0 Å². The molecule has 1 N–H and O–H groups in total. The predicted molar refractivity (Wildman–Crippen MR) is 56.4 cm³/mol. The van der Waals surface area contributed by atoms with Crippen molar-refractivity contribution in [3.8, 4) is 0 Å². The molecule has 1 heterocycles. The molecule has 1 aromatic rings. The number of pyridine rings is 1. The maximum absolute atomic E-state index is 11.2. The van der Waals surface area contributed by atoms with Gasteiger partial charge in [0.05, 0.1) is 6.54 Å². The molecule has 0 radical (unpaired) electrons. The second-order valence-corrected chi connectivity index (χ2v) is 3.37. The molecule has 14 heavy (non-hydrogen) atoms. The van der Waals surface area contributed by atoms with Gasteiger partial charge in [-0.3, -0.25) is 4.79 Å². The Morgan fingerprint density at radius 3 is 2.86 bits per heavy atom. The van der Waals surface area contributed by atoms with Crippen LogP contribution in [0.2, 0.25) is 5.15 Å². The van der Waals surface area contributed by atoms with E-state index in [0.717, 1.165) is 0 Å². The molecule has 0 aliphatic carbocycles. The van der Waals surface area contributed by atoms with Crippen LogP contribution in [0, 0.1) is 0 Å². The summed E-state index contributed by atoms with van der Waals surface area (Å²) in [5, 5.41) is 3.29. The Hall–Kier alpha value is -1.29. The topological polar surface area (TPSA) is 45.2 Å². The van der Waals surface area contributed by atoms with Crippen LogP contribution in [0.25, 0.3) is 0 Å². The summed E-state index contributed by atoms with van der Waals surface area (Å²) in [7, 11) is 3.41. The zero-order valence-corrected chi connectivity index (χ0v) is 8.88. The number of hydrogen-bond acceptors (Lipinski definition) is 3. The third kappa shape index (κ3) is 3.22. The van der Waals surface area contributed by atoms with E-state index in [1.54, 1.807) is 32.3 Å². The number of halogens is 1. The van der Waals surface area contributed by atoms with Crippen LogP contribution < -0.4 is 5.32 Å². The molecular weight excluding hydrogens is 202 g/mol. The Bertz CT molecular complexity index is 328. The van der Waals surface area contributed by atoms with Crippen molar-refractivity contribution in [2.45, 2.75) is 0 Å². The molecule has 0 spiro atoms. The van der Waals surface area contributed by atoms with Crippen molar-refractivity contribution in [2.75, 3.05) is 26.0 Å². The van der Waals surface area contributed by atoms with Crippen molar-refractivity contribution in [1.82, 2.24) is 9.88 Å². The second kappa shape index (κ2) is 4.81. The molecule has 1 rings (SSSR count). The lowest BCUT2D eigenvalue weighted by Crippen LogP contribution is -2.28. The minimum absolute atomic E-state index is 0.00762. The molecule has 0 saturated carbocycles. The molecule has 1 amide bonds. The SMILES string of the molecule is CN(C)C(=O)CNc1cccc(Cl)n1. The van der Waals surface area contributed by atoms with Crippen molar-refractivity contribution < 1.29 is 4.79 Å². The quantitative estimate of drug-likeness (QED) is 0.769. The third-order valence-corrected chi connectivity index (χ3v) is 1.85. The Kier molecular flexibility index (Phi) is 3.71. The molecule has 4 nitrogen and oxygen atoms in total. The molecular formula is C9H12ClN3O. The van der Waals surface area contributed by atoms with Crippen LogP contribution in [-0.2, 0) is 4.79 Å². The lowest BCUT2D eigenvalue weighted by Gasteiger charge is -2.11. The Labute approximate surface area is 87.9 Å².